The van der Waals surface area contributed by atoms with Gasteiger partial charge in [0.15, 0.2) is 5.69 Å². The number of benzene rings is 1. The Kier molecular flexibility index (Phi) is 3.10. The van der Waals surface area contributed by atoms with Gasteiger partial charge in [0, 0.05) is 5.69 Å². The molecule has 1 aromatic heterocycles. The second-order valence-electron chi connectivity index (χ2n) is 3.78. The van der Waals surface area contributed by atoms with Gasteiger partial charge >= 0.3 is 5.97 Å². The van der Waals surface area contributed by atoms with Crippen LogP contribution in [0.15, 0.2) is 23.7 Å². The molecule has 2 N–H and O–H groups in total. The van der Waals surface area contributed by atoms with Crippen molar-refractivity contribution in [2.24, 2.45) is 0 Å². The van der Waals surface area contributed by atoms with Gasteiger partial charge in [-0.1, -0.05) is 12.1 Å². The Balaban J connectivity index is 2.34. The molecule has 2 rings (SSSR count). The minimum atomic E-state index is -1.01. The first-order valence-corrected chi connectivity index (χ1v) is 5.97. The molecule has 0 unspecified atom stereocenters. The molecule has 0 bridgehead atoms. The number of anilines is 2. The average Bonchev–Trinajstić information content (AvgIpc) is 2.71. The first kappa shape index (κ1) is 11.6. The first-order valence-electron chi connectivity index (χ1n) is 5.09. The topological polar surface area (TPSA) is 62.2 Å². The quantitative estimate of drug-likeness (QED) is 0.875. The van der Waals surface area contributed by atoms with Crippen molar-refractivity contribution in [3.8, 4) is 0 Å². The molecular weight excluding hydrogens is 236 g/mol. The molecule has 0 atom stereocenters. The summed E-state index contributed by atoms with van der Waals surface area (Å²) in [5, 5.41) is 12.6. The Morgan fingerprint density at radius 2 is 2.18 bits per heavy atom. The van der Waals surface area contributed by atoms with E-state index in [4.69, 9.17) is 5.11 Å². The minimum Gasteiger partial charge on any atom is -0.476 e. The van der Waals surface area contributed by atoms with Gasteiger partial charge in [-0.3, -0.25) is 0 Å². The second kappa shape index (κ2) is 4.55. The number of hydrogen-bond acceptors (Lipinski definition) is 4. The zero-order chi connectivity index (χ0) is 12.4. The van der Waals surface area contributed by atoms with Crippen LogP contribution in [0.4, 0.5) is 10.7 Å². The highest BCUT2D eigenvalue weighted by Gasteiger charge is 2.14. The van der Waals surface area contributed by atoms with Gasteiger partial charge < -0.3 is 10.4 Å². The molecule has 0 spiro atoms. The highest BCUT2D eigenvalue weighted by atomic mass is 32.1. The second-order valence-corrected chi connectivity index (χ2v) is 4.63. The van der Waals surface area contributed by atoms with Crippen LogP contribution >= 0.6 is 11.3 Å². The van der Waals surface area contributed by atoms with E-state index >= 15 is 0 Å². The maximum absolute atomic E-state index is 10.9. The standard InChI is InChI=1S/C12H12N2O2S/c1-7-3-4-8(2)9(5-7)14-11-10(12(15)16)13-6-17-11/h3-6,14H,1-2H3,(H,15,16). The van der Waals surface area contributed by atoms with Crippen LogP contribution in [0.1, 0.15) is 21.6 Å². The number of carboxylic acids is 1. The van der Waals surface area contributed by atoms with Crippen molar-refractivity contribution in [1.82, 2.24) is 4.98 Å². The monoisotopic (exact) mass is 248 g/mol. The number of thiazole rings is 1. The molecule has 0 amide bonds. The molecule has 2 aromatic rings. The van der Waals surface area contributed by atoms with E-state index in [9.17, 15) is 4.79 Å². The van der Waals surface area contributed by atoms with E-state index in [1.54, 1.807) is 0 Å². The van der Waals surface area contributed by atoms with Crippen molar-refractivity contribution in [2.75, 3.05) is 5.32 Å². The van der Waals surface area contributed by atoms with Crippen LogP contribution in [0.3, 0.4) is 0 Å². The number of aromatic nitrogens is 1. The Bertz CT molecular complexity index is 563. The fourth-order valence-corrected chi connectivity index (χ4v) is 2.16. The van der Waals surface area contributed by atoms with E-state index in [0.29, 0.717) is 5.00 Å². The van der Waals surface area contributed by atoms with Crippen molar-refractivity contribution in [1.29, 1.82) is 0 Å². The number of aryl methyl sites for hydroxylation is 2. The Hall–Kier alpha value is -1.88. The Morgan fingerprint density at radius 1 is 1.41 bits per heavy atom. The normalized spacial score (nSPS) is 10.2. The van der Waals surface area contributed by atoms with Crippen molar-refractivity contribution in [3.05, 3.63) is 40.5 Å². The van der Waals surface area contributed by atoms with Gasteiger partial charge in [0.2, 0.25) is 0 Å². The lowest BCUT2D eigenvalue weighted by Gasteiger charge is -2.08. The predicted molar refractivity (Wildman–Crippen MR) is 68.3 cm³/mol. The molecule has 0 radical (unpaired) electrons. The van der Waals surface area contributed by atoms with Crippen LogP contribution in [0.25, 0.3) is 0 Å². The molecule has 1 heterocycles. The molecule has 0 fully saturated rings. The minimum absolute atomic E-state index is 0.0657. The third kappa shape index (κ3) is 2.45. The first-order chi connectivity index (χ1) is 8.08. The van der Waals surface area contributed by atoms with Crippen molar-refractivity contribution >= 4 is 28.0 Å². The van der Waals surface area contributed by atoms with E-state index in [2.05, 4.69) is 10.3 Å². The van der Waals surface area contributed by atoms with Gasteiger partial charge in [-0.15, -0.1) is 11.3 Å². The van der Waals surface area contributed by atoms with E-state index in [1.807, 2.05) is 32.0 Å². The highest BCUT2D eigenvalue weighted by Crippen LogP contribution is 2.27. The summed E-state index contributed by atoms with van der Waals surface area (Å²) in [4.78, 5) is 14.7. The largest absolute Gasteiger partial charge is 0.476 e. The van der Waals surface area contributed by atoms with Gasteiger partial charge in [-0.05, 0) is 31.0 Å². The molecule has 0 aliphatic carbocycles. The maximum Gasteiger partial charge on any atom is 0.357 e. The van der Waals surface area contributed by atoms with Gasteiger partial charge in [0.1, 0.15) is 5.00 Å². The molecule has 0 aliphatic heterocycles. The van der Waals surface area contributed by atoms with E-state index < -0.39 is 5.97 Å². The number of rotatable bonds is 3. The van der Waals surface area contributed by atoms with E-state index in [-0.39, 0.29) is 5.69 Å². The summed E-state index contributed by atoms with van der Waals surface area (Å²) in [5.74, 6) is -1.01. The van der Waals surface area contributed by atoms with Crippen LogP contribution in [-0.4, -0.2) is 16.1 Å². The lowest BCUT2D eigenvalue weighted by Crippen LogP contribution is -2.01. The van der Waals surface area contributed by atoms with Crippen LogP contribution in [-0.2, 0) is 0 Å². The predicted octanol–water partition coefficient (Wildman–Crippen LogP) is 3.20. The van der Waals surface area contributed by atoms with E-state index in [0.717, 1.165) is 16.8 Å². The molecule has 88 valence electrons. The van der Waals surface area contributed by atoms with Crippen LogP contribution < -0.4 is 5.32 Å². The van der Waals surface area contributed by atoms with Crippen LogP contribution in [0, 0.1) is 13.8 Å². The zero-order valence-corrected chi connectivity index (χ0v) is 10.3. The third-order valence-corrected chi connectivity index (χ3v) is 3.15. The van der Waals surface area contributed by atoms with Crippen molar-refractivity contribution in [2.45, 2.75) is 13.8 Å². The fourth-order valence-electron chi connectivity index (χ4n) is 1.48. The number of aromatic carboxylic acids is 1. The zero-order valence-electron chi connectivity index (χ0n) is 9.52. The number of nitrogens with one attached hydrogen (secondary N) is 1. The molecular formula is C12H12N2O2S. The molecule has 4 nitrogen and oxygen atoms in total. The fraction of sp³-hybridized carbons (Fsp3) is 0.167. The summed E-state index contributed by atoms with van der Waals surface area (Å²) in [6.07, 6.45) is 0. The smallest absolute Gasteiger partial charge is 0.357 e. The lowest BCUT2D eigenvalue weighted by atomic mass is 10.1. The summed E-state index contributed by atoms with van der Waals surface area (Å²) < 4.78 is 0. The Morgan fingerprint density at radius 3 is 2.88 bits per heavy atom. The molecule has 0 saturated heterocycles. The highest BCUT2D eigenvalue weighted by molar-refractivity contribution is 7.14. The molecule has 0 saturated carbocycles. The maximum atomic E-state index is 10.9. The van der Waals surface area contributed by atoms with Crippen molar-refractivity contribution in [3.63, 3.8) is 0 Å². The van der Waals surface area contributed by atoms with Gasteiger partial charge in [-0.2, -0.15) is 0 Å². The lowest BCUT2D eigenvalue weighted by molar-refractivity contribution is 0.0692. The summed E-state index contributed by atoms with van der Waals surface area (Å²) in [7, 11) is 0. The number of nitrogens with zero attached hydrogens (tertiary/aromatic N) is 1. The number of carboxylic acid groups (broad SMARTS) is 1. The summed E-state index contributed by atoms with van der Waals surface area (Å²) in [6.45, 7) is 3.97. The van der Waals surface area contributed by atoms with Gasteiger partial charge in [-0.25, -0.2) is 9.78 Å². The summed E-state index contributed by atoms with van der Waals surface area (Å²) in [6, 6.07) is 6.01. The van der Waals surface area contributed by atoms with Crippen LogP contribution in [0.5, 0.6) is 0 Å². The summed E-state index contributed by atoms with van der Waals surface area (Å²) >= 11 is 1.28. The average molecular weight is 248 g/mol. The third-order valence-electron chi connectivity index (χ3n) is 2.41. The number of hydrogen-bond donors (Lipinski definition) is 2. The number of carbonyl (C=O) groups is 1. The SMILES string of the molecule is Cc1ccc(C)c(Nc2scnc2C(=O)O)c1. The van der Waals surface area contributed by atoms with Crippen molar-refractivity contribution < 1.29 is 9.90 Å². The molecule has 5 heteroatoms. The van der Waals surface area contributed by atoms with Gasteiger partial charge in [0.05, 0.1) is 5.51 Å². The molecule has 17 heavy (non-hydrogen) atoms. The van der Waals surface area contributed by atoms with E-state index in [1.165, 1.54) is 16.8 Å². The molecule has 0 aliphatic rings. The molecule has 1 aromatic carbocycles. The van der Waals surface area contributed by atoms with Gasteiger partial charge in [0.25, 0.3) is 0 Å². The van der Waals surface area contributed by atoms with Crippen LogP contribution in [0.2, 0.25) is 0 Å². The summed E-state index contributed by atoms with van der Waals surface area (Å²) in [5.41, 5.74) is 4.70. The Labute approximate surface area is 103 Å².